The van der Waals surface area contributed by atoms with Crippen LogP contribution in [0, 0.1) is 23.5 Å². The van der Waals surface area contributed by atoms with Crippen molar-refractivity contribution in [3.8, 4) is 0 Å². The van der Waals surface area contributed by atoms with Crippen molar-refractivity contribution in [3.63, 3.8) is 0 Å². The highest BCUT2D eigenvalue weighted by Gasteiger charge is 2.34. The van der Waals surface area contributed by atoms with Gasteiger partial charge in [-0.15, -0.1) is 0 Å². The Balaban J connectivity index is 2.23. The van der Waals surface area contributed by atoms with Gasteiger partial charge in [-0.3, -0.25) is 0 Å². The highest BCUT2D eigenvalue weighted by molar-refractivity contribution is 9.10. The van der Waals surface area contributed by atoms with Crippen molar-refractivity contribution in [1.82, 2.24) is 5.32 Å². The van der Waals surface area contributed by atoms with Crippen LogP contribution in [0.3, 0.4) is 0 Å². The number of hydrogen-bond donors (Lipinski definition) is 1. The molecule has 1 aromatic rings. The lowest BCUT2D eigenvalue weighted by molar-refractivity contribution is 0.343. The molecule has 1 saturated heterocycles. The zero-order chi connectivity index (χ0) is 15.6. The summed E-state index contributed by atoms with van der Waals surface area (Å²) < 4.78 is 51.4. The first-order valence-electron chi connectivity index (χ1n) is 6.81. The highest BCUT2D eigenvalue weighted by atomic mass is 79.9. The fraction of sp³-hybridized carbons (Fsp3) is 0.571. The number of rotatable bonds is 5. The molecule has 2 atom stereocenters. The lowest BCUT2D eigenvalue weighted by Gasteiger charge is -2.23. The van der Waals surface area contributed by atoms with Crippen LogP contribution in [-0.2, 0) is 16.3 Å². The summed E-state index contributed by atoms with van der Waals surface area (Å²) in [6.45, 7) is 0.533. The number of halogens is 3. The second-order valence-corrected chi connectivity index (χ2v) is 8.59. The summed E-state index contributed by atoms with van der Waals surface area (Å²) in [5.41, 5.74) is 0.0222. The maximum Gasteiger partial charge on any atom is 0.150 e. The van der Waals surface area contributed by atoms with E-state index in [1.54, 1.807) is 7.05 Å². The standard InChI is InChI=1S/C14H18BrF2NO2S/c1-18-7-10(9-4-5-21(19,20)8-9)6-11-13(16)3-2-12(15)14(11)17/h2-3,9-10,18H,4-8H2,1H3. The first kappa shape index (κ1) is 16.8. The largest absolute Gasteiger partial charge is 0.319 e. The summed E-state index contributed by atoms with van der Waals surface area (Å²) in [4.78, 5) is 0. The van der Waals surface area contributed by atoms with E-state index in [1.807, 2.05) is 0 Å². The lowest BCUT2D eigenvalue weighted by Crippen LogP contribution is -2.29. The van der Waals surface area contributed by atoms with Crippen LogP contribution in [0.1, 0.15) is 12.0 Å². The molecule has 1 aliphatic heterocycles. The Kier molecular flexibility index (Phi) is 5.38. The van der Waals surface area contributed by atoms with Crippen LogP contribution in [0.5, 0.6) is 0 Å². The third-order valence-electron chi connectivity index (χ3n) is 4.01. The molecule has 0 aliphatic carbocycles. The predicted octanol–water partition coefficient (Wildman–Crippen LogP) is 2.54. The second kappa shape index (κ2) is 6.71. The van der Waals surface area contributed by atoms with Gasteiger partial charge in [0.1, 0.15) is 11.6 Å². The molecule has 3 nitrogen and oxygen atoms in total. The average molecular weight is 382 g/mol. The molecular formula is C14H18BrF2NO2S. The molecule has 0 bridgehead atoms. The van der Waals surface area contributed by atoms with Gasteiger partial charge >= 0.3 is 0 Å². The molecule has 0 aromatic heterocycles. The predicted molar refractivity (Wildman–Crippen MR) is 81.9 cm³/mol. The SMILES string of the molecule is CNCC(Cc1c(F)ccc(Br)c1F)C1CCS(=O)(=O)C1. The van der Waals surface area contributed by atoms with Gasteiger partial charge in [0, 0.05) is 5.56 Å². The van der Waals surface area contributed by atoms with Crippen LogP contribution in [-0.4, -0.2) is 33.5 Å². The van der Waals surface area contributed by atoms with Gasteiger partial charge in [0.05, 0.1) is 16.0 Å². The van der Waals surface area contributed by atoms with E-state index in [0.717, 1.165) is 0 Å². The first-order chi connectivity index (χ1) is 9.84. The zero-order valence-corrected chi connectivity index (χ0v) is 14.1. The summed E-state index contributed by atoms with van der Waals surface area (Å²) >= 11 is 3.06. The summed E-state index contributed by atoms with van der Waals surface area (Å²) in [5.74, 6) is -1.07. The quantitative estimate of drug-likeness (QED) is 0.797. The van der Waals surface area contributed by atoms with Crippen molar-refractivity contribution < 1.29 is 17.2 Å². The first-order valence-corrected chi connectivity index (χ1v) is 9.43. The van der Waals surface area contributed by atoms with E-state index < -0.39 is 21.5 Å². The summed E-state index contributed by atoms with van der Waals surface area (Å²) in [6.07, 6.45) is 0.754. The molecule has 1 heterocycles. The second-order valence-electron chi connectivity index (χ2n) is 5.51. The Labute approximate surface area is 132 Å². The molecule has 0 spiro atoms. The number of benzene rings is 1. The fourth-order valence-electron chi connectivity index (χ4n) is 2.88. The minimum atomic E-state index is -3.00. The fourth-order valence-corrected chi connectivity index (χ4v) is 5.17. The van der Waals surface area contributed by atoms with Crippen molar-refractivity contribution in [2.45, 2.75) is 12.8 Å². The highest BCUT2D eigenvalue weighted by Crippen LogP contribution is 2.31. The molecule has 1 N–H and O–H groups in total. The number of sulfone groups is 1. The maximum absolute atomic E-state index is 14.1. The third kappa shape index (κ3) is 4.02. The Bertz CT molecular complexity index is 622. The zero-order valence-electron chi connectivity index (χ0n) is 11.7. The summed E-state index contributed by atoms with van der Waals surface area (Å²) in [5, 5.41) is 2.99. The topological polar surface area (TPSA) is 46.2 Å². The van der Waals surface area contributed by atoms with E-state index in [9.17, 15) is 17.2 Å². The van der Waals surface area contributed by atoms with Gasteiger partial charge in [-0.1, -0.05) is 0 Å². The molecule has 1 fully saturated rings. The normalized spacial score (nSPS) is 22.4. The van der Waals surface area contributed by atoms with Gasteiger partial charge < -0.3 is 5.32 Å². The molecule has 0 radical (unpaired) electrons. The lowest BCUT2D eigenvalue weighted by atomic mass is 9.86. The van der Waals surface area contributed by atoms with Crippen LogP contribution in [0.4, 0.5) is 8.78 Å². The summed E-state index contributed by atoms with van der Waals surface area (Å²) in [7, 11) is -1.25. The van der Waals surface area contributed by atoms with E-state index >= 15 is 0 Å². The number of hydrogen-bond acceptors (Lipinski definition) is 3. The average Bonchev–Trinajstić information content (AvgIpc) is 2.78. The van der Waals surface area contributed by atoms with Crippen molar-refractivity contribution in [1.29, 1.82) is 0 Å². The molecule has 7 heteroatoms. The Morgan fingerprint density at radius 2 is 2.14 bits per heavy atom. The molecule has 21 heavy (non-hydrogen) atoms. The van der Waals surface area contributed by atoms with E-state index in [-0.39, 0.29) is 39.8 Å². The monoisotopic (exact) mass is 381 g/mol. The minimum Gasteiger partial charge on any atom is -0.319 e. The van der Waals surface area contributed by atoms with Crippen molar-refractivity contribution >= 4 is 25.8 Å². The molecule has 0 amide bonds. The van der Waals surface area contributed by atoms with Crippen molar-refractivity contribution in [2.75, 3.05) is 25.1 Å². The smallest absolute Gasteiger partial charge is 0.150 e. The molecular weight excluding hydrogens is 364 g/mol. The molecule has 1 aliphatic rings. The van der Waals surface area contributed by atoms with Crippen LogP contribution in [0.2, 0.25) is 0 Å². The van der Waals surface area contributed by atoms with Gasteiger partial charge in [0.2, 0.25) is 0 Å². The van der Waals surface area contributed by atoms with Gasteiger partial charge in [-0.05, 0) is 66.3 Å². The Morgan fingerprint density at radius 3 is 2.71 bits per heavy atom. The third-order valence-corrected chi connectivity index (χ3v) is 6.41. The maximum atomic E-state index is 14.1. The van der Waals surface area contributed by atoms with Crippen molar-refractivity contribution in [2.24, 2.45) is 11.8 Å². The molecule has 2 rings (SSSR count). The Morgan fingerprint density at radius 1 is 1.43 bits per heavy atom. The molecule has 1 aromatic carbocycles. The van der Waals surface area contributed by atoms with Gasteiger partial charge in [0.25, 0.3) is 0 Å². The van der Waals surface area contributed by atoms with Gasteiger partial charge in [-0.25, -0.2) is 17.2 Å². The van der Waals surface area contributed by atoms with E-state index in [2.05, 4.69) is 21.2 Å². The van der Waals surface area contributed by atoms with E-state index in [0.29, 0.717) is 13.0 Å². The molecule has 0 saturated carbocycles. The Hall–Kier alpha value is -0.530. The van der Waals surface area contributed by atoms with Gasteiger partial charge in [0.15, 0.2) is 9.84 Å². The van der Waals surface area contributed by atoms with E-state index in [1.165, 1.54) is 12.1 Å². The number of nitrogens with one attached hydrogen (secondary N) is 1. The molecule has 118 valence electrons. The molecule has 2 unspecified atom stereocenters. The van der Waals surface area contributed by atoms with E-state index in [4.69, 9.17) is 0 Å². The minimum absolute atomic E-state index is 0.0222. The van der Waals surface area contributed by atoms with Crippen LogP contribution >= 0.6 is 15.9 Å². The van der Waals surface area contributed by atoms with Crippen LogP contribution < -0.4 is 5.32 Å². The van der Waals surface area contributed by atoms with Crippen LogP contribution in [0.25, 0.3) is 0 Å². The van der Waals surface area contributed by atoms with Crippen LogP contribution in [0.15, 0.2) is 16.6 Å². The van der Waals surface area contributed by atoms with Gasteiger partial charge in [-0.2, -0.15) is 0 Å². The van der Waals surface area contributed by atoms with Crippen molar-refractivity contribution in [3.05, 3.63) is 33.8 Å². The summed E-state index contributed by atoms with van der Waals surface area (Å²) in [6, 6.07) is 2.56.